The highest BCUT2D eigenvalue weighted by Crippen LogP contribution is 2.12. The van der Waals surface area contributed by atoms with Gasteiger partial charge in [0.2, 0.25) is 0 Å². The Morgan fingerprint density at radius 2 is 2.24 bits per heavy atom. The van der Waals surface area contributed by atoms with Crippen molar-refractivity contribution in [3.8, 4) is 0 Å². The van der Waals surface area contributed by atoms with Crippen LogP contribution in [0.5, 0.6) is 0 Å². The van der Waals surface area contributed by atoms with Gasteiger partial charge in [0.15, 0.2) is 11.7 Å². The molecule has 1 heterocycles. The Kier molecular flexibility index (Phi) is 4.62. The van der Waals surface area contributed by atoms with E-state index in [1.54, 1.807) is 6.92 Å². The molecule has 1 atom stereocenters. The maximum absolute atomic E-state index is 11.7. The van der Waals surface area contributed by atoms with E-state index in [1.807, 2.05) is 6.92 Å². The lowest BCUT2D eigenvalue weighted by Gasteiger charge is -2.13. The van der Waals surface area contributed by atoms with Crippen molar-refractivity contribution in [2.75, 3.05) is 6.61 Å². The number of esters is 1. The molecule has 17 heavy (non-hydrogen) atoms. The number of aromatic nitrogens is 3. The van der Waals surface area contributed by atoms with Gasteiger partial charge in [0.25, 0.3) is 0 Å². The zero-order valence-corrected chi connectivity index (χ0v) is 9.79. The zero-order valence-electron chi connectivity index (χ0n) is 9.79. The van der Waals surface area contributed by atoms with Crippen molar-refractivity contribution in [1.29, 1.82) is 0 Å². The maximum Gasteiger partial charge on any atom is 0.358 e. The van der Waals surface area contributed by atoms with Crippen LogP contribution in [0.25, 0.3) is 0 Å². The molecule has 0 aromatic carbocycles. The third kappa shape index (κ3) is 3.27. The summed E-state index contributed by atoms with van der Waals surface area (Å²) in [5, 5.41) is 15.8. The fourth-order valence-electron chi connectivity index (χ4n) is 1.29. The Balaban J connectivity index is 2.78. The molecular formula is C10H15N3O4. The standard InChI is InChI=1S/C10H15N3O4/c1-3-5-17-10(16)8(4-2)13-6-7(9(14)15)11-12-13/h6,8H,3-5H2,1-2H3,(H,14,15). The SMILES string of the molecule is CCCOC(=O)C(CC)n1cc(C(=O)O)nn1. The minimum atomic E-state index is -1.17. The normalized spacial score (nSPS) is 12.1. The van der Waals surface area contributed by atoms with Crippen molar-refractivity contribution < 1.29 is 19.4 Å². The summed E-state index contributed by atoms with van der Waals surface area (Å²) in [5.41, 5.74) is -0.188. The van der Waals surface area contributed by atoms with E-state index in [1.165, 1.54) is 10.9 Å². The monoisotopic (exact) mass is 241 g/mol. The largest absolute Gasteiger partial charge is 0.476 e. The number of carboxylic acid groups (broad SMARTS) is 1. The fourth-order valence-corrected chi connectivity index (χ4v) is 1.29. The Morgan fingerprint density at radius 3 is 2.71 bits per heavy atom. The summed E-state index contributed by atoms with van der Waals surface area (Å²) in [6.45, 7) is 4.03. The minimum absolute atomic E-state index is 0.188. The first-order chi connectivity index (χ1) is 8.10. The second-order valence-electron chi connectivity index (χ2n) is 3.48. The van der Waals surface area contributed by atoms with Crippen LogP contribution in [0.4, 0.5) is 0 Å². The molecule has 7 nitrogen and oxygen atoms in total. The van der Waals surface area contributed by atoms with Crippen LogP contribution in [0.2, 0.25) is 0 Å². The summed E-state index contributed by atoms with van der Waals surface area (Å²) in [6.07, 6.45) is 2.43. The Labute approximate surface area is 98.4 Å². The third-order valence-corrected chi connectivity index (χ3v) is 2.16. The highest BCUT2D eigenvalue weighted by Gasteiger charge is 2.22. The first kappa shape index (κ1) is 13.1. The lowest BCUT2D eigenvalue weighted by molar-refractivity contribution is -0.148. The van der Waals surface area contributed by atoms with Crippen LogP contribution in [0.15, 0.2) is 6.20 Å². The maximum atomic E-state index is 11.7. The number of ether oxygens (including phenoxy) is 1. The lowest BCUT2D eigenvalue weighted by Crippen LogP contribution is -2.22. The smallest absolute Gasteiger partial charge is 0.358 e. The van der Waals surface area contributed by atoms with Gasteiger partial charge in [0.1, 0.15) is 0 Å². The Morgan fingerprint density at radius 1 is 1.53 bits per heavy atom. The quantitative estimate of drug-likeness (QED) is 0.743. The van der Waals surface area contributed by atoms with Crippen LogP contribution >= 0.6 is 0 Å². The first-order valence-corrected chi connectivity index (χ1v) is 5.41. The number of carbonyl (C=O) groups excluding carboxylic acids is 1. The lowest BCUT2D eigenvalue weighted by atomic mass is 10.2. The summed E-state index contributed by atoms with van der Waals surface area (Å²) in [7, 11) is 0. The molecule has 0 aliphatic heterocycles. The number of hydrogen-bond acceptors (Lipinski definition) is 5. The van der Waals surface area contributed by atoms with E-state index in [2.05, 4.69) is 10.3 Å². The van der Waals surface area contributed by atoms with Crippen molar-refractivity contribution >= 4 is 11.9 Å². The Bertz CT molecular complexity index is 402. The summed E-state index contributed by atoms with van der Waals surface area (Å²) in [4.78, 5) is 22.3. The van der Waals surface area contributed by atoms with Gasteiger partial charge in [0, 0.05) is 0 Å². The van der Waals surface area contributed by atoms with Gasteiger partial charge in [-0.3, -0.25) is 0 Å². The molecule has 0 radical (unpaired) electrons. The number of aromatic carboxylic acids is 1. The third-order valence-electron chi connectivity index (χ3n) is 2.16. The molecule has 1 rings (SSSR count). The summed E-state index contributed by atoms with van der Waals surface area (Å²) in [5.74, 6) is -1.59. The van der Waals surface area contributed by atoms with Gasteiger partial charge in [-0.05, 0) is 12.8 Å². The molecular weight excluding hydrogens is 226 g/mol. The van der Waals surface area contributed by atoms with E-state index in [9.17, 15) is 9.59 Å². The van der Waals surface area contributed by atoms with Gasteiger partial charge in [-0.2, -0.15) is 0 Å². The molecule has 1 N–H and O–H groups in total. The topological polar surface area (TPSA) is 94.3 Å². The van der Waals surface area contributed by atoms with E-state index in [-0.39, 0.29) is 5.69 Å². The van der Waals surface area contributed by atoms with Crippen LogP contribution in [-0.2, 0) is 9.53 Å². The molecule has 7 heteroatoms. The number of hydrogen-bond donors (Lipinski definition) is 1. The molecule has 1 aromatic rings. The van der Waals surface area contributed by atoms with Crippen LogP contribution in [0, 0.1) is 0 Å². The summed E-state index contributed by atoms with van der Waals surface area (Å²) < 4.78 is 6.22. The fraction of sp³-hybridized carbons (Fsp3) is 0.600. The number of rotatable bonds is 6. The van der Waals surface area contributed by atoms with E-state index in [0.29, 0.717) is 13.0 Å². The van der Waals surface area contributed by atoms with Crippen molar-refractivity contribution in [3.63, 3.8) is 0 Å². The molecule has 0 spiro atoms. The first-order valence-electron chi connectivity index (χ1n) is 5.41. The van der Waals surface area contributed by atoms with Gasteiger partial charge in [-0.15, -0.1) is 5.10 Å². The van der Waals surface area contributed by atoms with E-state index < -0.39 is 18.0 Å². The highest BCUT2D eigenvalue weighted by atomic mass is 16.5. The zero-order chi connectivity index (χ0) is 12.8. The van der Waals surface area contributed by atoms with Crippen molar-refractivity contribution in [2.24, 2.45) is 0 Å². The van der Waals surface area contributed by atoms with Gasteiger partial charge < -0.3 is 9.84 Å². The van der Waals surface area contributed by atoms with Crippen LogP contribution in [0.1, 0.15) is 43.2 Å². The molecule has 0 amide bonds. The van der Waals surface area contributed by atoms with Crippen molar-refractivity contribution in [1.82, 2.24) is 15.0 Å². The Hall–Kier alpha value is -1.92. The summed E-state index contributed by atoms with van der Waals surface area (Å²) >= 11 is 0. The van der Waals surface area contributed by atoms with E-state index in [4.69, 9.17) is 9.84 Å². The second-order valence-corrected chi connectivity index (χ2v) is 3.48. The molecule has 94 valence electrons. The number of carbonyl (C=O) groups is 2. The van der Waals surface area contributed by atoms with Crippen molar-refractivity contribution in [3.05, 3.63) is 11.9 Å². The molecule has 0 aliphatic carbocycles. The average Bonchev–Trinajstić information content (AvgIpc) is 2.77. The van der Waals surface area contributed by atoms with Crippen LogP contribution < -0.4 is 0 Å². The highest BCUT2D eigenvalue weighted by molar-refractivity contribution is 5.84. The average molecular weight is 241 g/mol. The molecule has 0 fully saturated rings. The molecule has 1 unspecified atom stereocenters. The van der Waals surface area contributed by atoms with Gasteiger partial charge >= 0.3 is 11.9 Å². The van der Waals surface area contributed by atoms with Crippen LogP contribution in [0.3, 0.4) is 0 Å². The van der Waals surface area contributed by atoms with E-state index >= 15 is 0 Å². The predicted octanol–water partition coefficient (Wildman–Crippen LogP) is 0.881. The van der Waals surface area contributed by atoms with Gasteiger partial charge in [0.05, 0.1) is 12.8 Å². The van der Waals surface area contributed by atoms with Gasteiger partial charge in [-0.25, -0.2) is 14.3 Å². The number of carboxylic acids is 1. The predicted molar refractivity (Wildman–Crippen MR) is 57.6 cm³/mol. The second kappa shape index (κ2) is 5.97. The summed E-state index contributed by atoms with van der Waals surface area (Å²) in [6, 6.07) is -0.623. The molecule has 0 saturated heterocycles. The molecule has 0 bridgehead atoms. The van der Waals surface area contributed by atoms with Crippen LogP contribution in [-0.4, -0.2) is 38.6 Å². The van der Waals surface area contributed by atoms with Crippen molar-refractivity contribution in [2.45, 2.75) is 32.7 Å². The number of nitrogens with zero attached hydrogens (tertiary/aromatic N) is 3. The molecule has 0 aliphatic rings. The molecule has 0 saturated carbocycles. The minimum Gasteiger partial charge on any atom is -0.476 e. The van der Waals surface area contributed by atoms with Gasteiger partial charge in [-0.1, -0.05) is 19.1 Å². The van der Waals surface area contributed by atoms with E-state index in [0.717, 1.165) is 6.42 Å². The molecule has 1 aromatic heterocycles.